The number of aromatic nitrogens is 2. The summed E-state index contributed by atoms with van der Waals surface area (Å²) in [4.78, 5) is 14.1. The average molecular weight is 394 g/mol. The van der Waals surface area contributed by atoms with E-state index >= 15 is 0 Å². The molecule has 3 aromatic rings. The van der Waals surface area contributed by atoms with Crippen molar-refractivity contribution in [2.75, 3.05) is 41.3 Å². The van der Waals surface area contributed by atoms with Gasteiger partial charge in [-0.05, 0) is 43.7 Å². The Hall–Kier alpha value is -2.79. The van der Waals surface area contributed by atoms with E-state index in [-0.39, 0.29) is 0 Å². The Morgan fingerprint density at radius 3 is 2.32 bits per heavy atom. The second-order valence-corrected chi connectivity index (χ2v) is 7.45. The number of rotatable bonds is 4. The Morgan fingerprint density at radius 2 is 1.57 bits per heavy atom. The number of halogens is 1. The molecule has 1 N–H and O–H groups in total. The minimum Gasteiger partial charge on any atom is -0.368 e. The van der Waals surface area contributed by atoms with Crippen LogP contribution in [0.15, 0.2) is 54.6 Å². The number of piperazine rings is 1. The molecule has 5 nitrogen and oxygen atoms in total. The molecule has 4 rings (SSSR count). The maximum Gasteiger partial charge on any atom is 0.229 e. The summed E-state index contributed by atoms with van der Waals surface area (Å²) in [5.74, 6) is 1.56. The van der Waals surface area contributed by atoms with Gasteiger partial charge < -0.3 is 15.1 Å². The minimum atomic E-state index is 0.603. The van der Waals surface area contributed by atoms with Crippen molar-refractivity contribution in [1.82, 2.24) is 9.97 Å². The number of anilines is 4. The Labute approximate surface area is 171 Å². The van der Waals surface area contributed by atoms with Crippen LogP contribution in [0.25, 0.3) is 0 Å². The van der Waals surface area contributed by atoms with E-state index in [9.17, 15) is 0 Å². The number of aryl methyl sites for hydroxylation is 1. The largest absolute Gasteiger partial charge is 0.368 e. The molecule has 0 aliphatic carbocycles. The van der Waals surface area contributed by atoms with Crippen molar-refractivity contribution >= 4 is 34.7 Å². The Bertz CT molecular complexity index is 952. The highest BCUT2D eigenvalue weighted by atomic mass is 35.5. The summed E-state index contributed by atoms with van der Waals surface area (Å²) in [6.07, 6.45) is 0. The van der Waals surface area contributed by atoms with Crippen molar-refractivity contribution in [2.24, 2.45) is 0 Å². The van der Waals surface area contributed by atoms with Crippen LogP contribution in [0.5, 0.6) is 0 Å². The molecule has 28 heavy (non-hydrogen) atoms. The van der Waals surface area contributed by atoms with Gasteiger partial charge in [0.05, 0.1) is 0 Å². The van der Waals surface area contributed by atoms with Gasteiger partial charge >= 0.3 is 0 Å². The molecule has 1 saturated heterocycles. The van der Waals surface area contributed by atoms with Crippen LogP contribution in [0, 0.1) is 13.8 Å². The van der Waals surface area contributed by atoms with Gasteiger partial charge in [0, 0.05) is 54.3 Å². The van der Waals surface area contributed by atoms with Crippen LogP contribution in [0.3, 0.4) is 0 Å². The zero-order valence-corrected chi connectivity index (χ0v) is 16.9. The lowest BCUT2D eigenvalue weighted by atomic mass is 10.2. The summed E-state index contributed by atoms with van der Waals surface area (Å²) in [5.41, 5.74) is 4.14. The van der Waals surface area contributed by atoms with E-state index in [0.717, 1.165) is 54.0 Å². The topological polar surface area (TPSA) is 44.3 Å². The van der Waals surface area contributed by atoms with Crippen LogP contribution in [0.1, 0.15) is 11.3 Å². The zero-order chi connectivity index (χ0) is 19.5. The van der Waals surface area contributed by atoms with Crippen LogP contribution in [-0.4, -0.2) is 36.1 Å². The van der Waals surface area contributed by atoms with Crippen molar-refractivity contribution in [3.05, 3.63) is 70.9 Å². The summed E-state index contributed by atoms with van der Waals surface area (Å²) in [6.45, 7) is 7.81. The van der Waals surface area contributed by atoms with E-state index in [1.807, 2.05) is 38.1 Å². The molecular weight excluding hydrogens is 370 g/mol. The smallest absolute Gasteiger partial charge is 0.229 e. The highest BCUT2D eigenvalue weighted by molar-refractivity contribution is 6.31. The van der Waals surface area contributed by atoms with Crippen molar-refractivity contribution in [1.29, 1.82) is 0 Å². The predicted molar refractivity (Wildman–Crippen MR) is 117 cm³/mol. The van der Waals surface area contributed by atoms with E-state index < -0.39 is 0 Å². The molecule has 0 unspecified atom stereocenters. The maximum atomic E-state index is 6.23. The van der Waals surface area contributed by atoms with Crippen molar-refractivity contribution < 1.29 is 0 Å². The van der Waals surface area contributed by atoms with Gasteiger partial charge in [-0.25, -0.2) is 4.98 Å². The molecule has 1 aliphatic heterocycles. The third-order valence-corrected chi connectivity index (χ3v) is 5.49. The summed E-state index contributed by atoms with van der Waals surface area (Å²) in [7, 11) is 0. The molecule has 1 aromatic heterocycles. The predicted octanol–water partition coefficient (Wildman–Crippen LogP) is 4.82. The molecule has 0 bridgehead atoms. The monoisotopic (exact) mass is 393 g/mol. The highest BCUT2D eigenvalue weighted by Crippen LogP contribution is 2.26. The lowest BCUT2D eigenvalue weighted by Gasteiger charge is -2.36. The number of hydrogen-bond acceptors (Lipinski definition) is 5. The van der Waals surface area contributed by atoms with Crippen LogP contribution in [0.4, 0.5) is 23.1 Å². The molecule has 1 fully saturated rings. The Kier molecular flexibility index (Phi) is 5.35. The first-order valence-electron chi connectivity index (χ1n) is 9.53. The second kappa shape index (κ2) is 8.07. The van der Waals surface area contributed by atoms with Crippen LogP contribution < -0.4 is 15.1 Å². The van der Waals surface area contributed by atoms with Crippen molar-refractivity contribution in [2.45, 2.75) is 13.8 Å². The average Bonchev–Trinajstić information content (AvgIpc) is 2.72. The first-order valence-corrected chi connectivity index (χ1v) is 9.91. The fourth-order valence-corrected chi connectivity index (χ4v) is 3.64. The summed E-state index contributed by atoms with van der Waals surface area (Å²) < 4.78 is 0. The van der Waals surface area contributed by atoms with Crippen LogP contribution >= 0.6 is 11.6 Å². The fraction of sp³-hybridized carbons (Fsp3) is 0.273. The normalized spacial score (nSPS) is 14.2. The number of nitrogens with one attached hydrogen (secondary N) is 1. The van der Waals surface area contributed by atoms with E-state index in [4.69, 9.17) is 16.6 Å². The minimum absolute atomic E-state index is 0.603. The maximum absolute atomic E-state index is 6.23. The first kappa shape index (κ1) is 18.6. The molecule has 2 aromatic carbocycles. The first-order chi connectivity index (χ1) is 13.6. The van der Waals surface area contributed by atoms with E-state index in [1.165, 1.54) is 5.69 Å². The van der Waals surface area contributed by atoms with Gasteiger partial charge in [-0.2, -0.15) is 4.98 Å². The SMILES string of the molecule is Cc1cc(N2CCN(c3ccccc3)CC2)nc(Nc2cccc(Cl)c2C)n1. The second-order valence-electron chi connectivity index (χ2n) is 7.04. The van der Waals surface area contributed by atoms with E-state index in [1.54, 1.807) is 0 Å². The van der Waals surface area contributed by atoms with Crippen LogP contribution in [-0.2, 0) is 0 Å². The fourth-order valence-electron chi connectivity index (χ4n) is 3.47. The summed E-state index contributed by atoms with van der Waals surface area (Å²) >= 11 is 6.23. The molecule has 0 amide bonds. The summed E-state index contributed by atoms with van der Waals surface area (Å²) in [6, 6.07) is 18.4. The molecule has 6 heteroatoms. The molecule has 144 valence electrons. The van der Waals surface area contributed by atoms with Gasteiger partial charge in [-0.15, -0.1) is 0 Å². The highest BCUT2D eigenvalue weighted by Gasteiger charge is 2.19. The molecule has 2 heterocycles. The van der Waals surface area contributed by atoms with Gasteiger partial charge in [-0.1, -0.05) is 35.9 Å². The molecular formula is C22H24ClN5. The third-order valence-electron chi connectivity index (χ3n) is 5.08. The van der Waals surface area contributed by atoms with E-state index in [0.29, 0.717) is 5.95 Å². The summed E-state index contributed by atoms with van der Waals surface area (Å²) in [5, 5.41) is 4.06. The standard InChI is InChI=1S/C22H24ClN5/c1-16-15-21(26-22(24-16)25-20-10-6-9-19(23)17(20)2)28-13-11-27(12-14-28)18-7-4-3-5-8-18/h3-10,15H,11-14H2,1-2H3,(H,24,25,26). The third kappa shape index (κ3) is 4.04. The quantitative estimate of drug-likeness (QED) is 0.688. The van der Waals surface area contributed by atoms with Gasteiger partial charge in [0.1, 0.15) is 5.82 Å². The Balaban J connectivity index is 1.49. The number of nitrogens with zero attached hydrogens (tertiary/aromatic N) is 4. The molecule has 0 radical (unpaired) electrons. The van der Waals surface area contributed by atoms with Crippen LogP contribution in [0.2, 0.25) is 5.02 Å². The number of para-hydroxylation sites is 1. The van der Waals surface area contributed by atoms with Gasteiger partial charge in [-0.3, -0.25) is 0 Å². The van der Waals surface area contributed by atoms with Gasteiger partial charge in [0.15, 0.2) is 0 Å². The van der Waals surface area contributed by atoms with Gasteiger partial charge in [0.25, 0.3) is 0 Å². The molecule has 0 spiro atoms. The lowest BCUT2D eigenvalue weighted by molar-refractivity contribution is 0.647. The zero-order valence-electron chi connectivity index (χ0n) is 16.2. The number of benzene rings is 2. The molecule has 0 atom stereocenters. The van der Waals surface area contributed by atoms with E-state index in [2.05, 4.69) is 50.4 Å². The van der Waals surface area contributed by atoms with Gasteiger partial charge in [0.2, 0.25) is 5.95 Å². The lowest BCUT2D eigenvalue weighted by Crippen LogP contribution is -2.46. The van der Waals surface area contributed by atoms with Crippen molar-refractivity contribution in [3.8, 4) is 0 Å². The van der Waals surface area contributed by atoms with Crippen molar-refractivity contribution in [3.63, 3.8) is 0 Å². The number of hydrogen-bond donors (Lipinski definition) is 1. The molecule has 1 aliphatic rings. The Morgan fingerprint density at radius 1 is 0.857 bits per heavy atom. The molecule has 0 saturated carbocycles.